The number of aromatic hydroxyl groups is 1. The number of aliphatic imine (C=N–C) groups is 1. The van der Waals surface area contributed by atoms with Crippen LogP contribution in [0.4, 0.5) is 0 Å². The van der Waals surface area contributed by atoms with Crippen LogP contribution in [0.1, 0.15) is 18.1 Å². The number of rotatable bonds is 6. The molecule has 0 aromatic heterocycles. The molecule has 0 saturated heterocycles. The van der Waals surface area contributed by atoms with Gasteiger partial charge < -0.3 is 15.7 Å². The highest BCUT2D eigenvalue weighted by molar-refractivity contribution is 6.30. The molecule has 0 radical (unpaired) electrons. The monoisotopic (exact) mass is 331 g/mol. The van der Waals surface area contributed by atoms with Gasteiger partial charge in [-0.25, -0.2) is 4.99 Å². The molecule has 3 N–H and O–H groups in total. The molecule has 0 fully saturated rings. The summed E-state index contributed by atoms with van der Waals surface area (Å²) in [6.07, 6.45) is 0.815. The molecule has 0 bridgehead atoms. The first-order chi connectivity index (χ1) is 11.2. The predicted octanol–water partition coefficient (Wildman–Crippen LogP) is 3.34. The summed E-state index contributed by atoms with van der Waals surface area (Å²) in [6, 6.07) is 15.0. The van der Waals surface area contributed by atoms with Gasteiger partial charge in [0.1, 0.15) is 5.75 Å². The third-order valence-corrected chi connectivity index (χ3v) is 3.50. The molecule has 23 heavy (non-hydrogen) atoms. The van der Waals surface area contributed by atoms with E-state index in [9.17, 15) is 5.11 Å². The number of hydrogen-bond donors (Lipinski definition) is 3. The molecule has 0 atom stereocenters. The lowest BCUT2D eigenvalue weighted by Crippen LogP contribution is -2.38. The van der Waals surface area contributed by atoms with Gasteiger partial charge in [-0.1, -0.05) is 35.9 Å². The second kappa shape index (κ2) is 9.06. The van der Waals surface area contributed by atoms with E-state index in [1.54, 1.807) is 12.1 Å². The number of nitrogens with zero attached hydrogens (tertiary/aromatic N) is 1. The summed E-state index contributed by atoms with van der Waals surface area (Å²) in [5.74, 6) is 1.07. The van der Waals surface area contributed by atoms with E-state index < -0.39 is 0 Å². The maximum absolute atomic E-state index is 9.47. The van der Waals surface area contributed by atoms with Crippen LogP contribution >= 0.6 is 11.6 Å². The molecule has 5 heteroatoms. The zero-order valence-corrected chi connectivity index (χ0v) is 14.0. The van der Waals surface area contributed by atoms with Gasteiger partial charge in [0.15, 0.2) is 5.96 Å². The second-order valence-electron chi connectivity index (χ2n) is 5.17. The summed E-state index contributed by atoms with van der Waals surface area (Å²) < 4.78 is 0. The third kappa shape index (κ3) is 6.20. The SMILES string of the molecule is CCNC(=NCc1cccc(Cl)c1)NCCc1cccc(O)c1. The Hall–Kier alpha value is -2.20. The average Bonchev–Trinajstić information content (AvgIpc) is 2.53. The van der Waals surface area contributed by atoms with Crippen molar-refractivity contribution in [3.63, 3.8) is 0 Å². The fourth-order valence-corrected chi connectivity index (χ4v) is 2.40. The van der Waals surface area contributed by atoms with E-state index in [4.69, 9.17) is 11.6 Å². The van der Waals surface area contributed by atoms with Gasteiger partial charge in [0, 0.05) is 18.1 Å². The van der Waals surface area contributed by atoms with E-state index in [0.717, 1.165) is 41.6 Å². The molecular weight excluding hydrogens is 310 g/mol. The van der Waals surface area contributed by atoms with Crippen LogP contribution in [0.2, 0.25) is 5.02 Å². The van der Waals surface area contributed by atoms with Gasteiger partial charge in [-0.3, -0.25) is 0 Å². The van der Waals surface area contributed by atoms with Gasteiger partial charge in [0.05, 0.1) is 6.54 Å². The third-order valence-electron chi connectivity index (χ3n) is 3.27. The van der Waals surface area contributed by atoms with Crippen LogP contribution in [-0.2, 0) is 13.0 Å². The first kappa shape index (κ1) is 17.2. The molecular formula is C18H22ClN3O. The van der Waals surface area contributed by atoms with Crippen molar-refractivity contribution in [3.8, 4) is 5.75 Å². The highest BCUT2D eigenvalue weighted by Crippen LogP contribution is 2.12. The van der Waals surface area contributed by atoms with Crippen molar-refractivity contribution < 1.29 is 5.11 Å². The zero-order valence-electron chi connectivity index (χ0n) is 13.2. The molecule has 0 aliphatic rings. The lowest BCUT2D eigenvalue weighted by molar-refractivity contribution is 0.474. The Bertz CT molecular complexity index is 658. The Balaban J connectivity index is 1.89. The number of halogens is 1. The fraction of sp³-hybridized carbons (Fsp3) is 0.278. The Morgan fingerprint density at radius 1 is 1.09 bits per heavy atom. The summed E-state index contributed by atoms with van der Waals surface area (Å²) in [4.78, 5) is 4.56. The van der Waals surface area contributed by atoms with Gasteiger partial charge in [0.2, 0.25) is 0 Å². The number of nitrogens with one attached hydrogen (secondary N) is 2. The van der Waals surface area contributed by atoms with Crippen molar-refractivity contribution >= 4 is 17.6 Å². The molecule has 0 spiro atoms. The predicted molar refractivity (Wildman–Crippen MR) is 96.1 cm³/mol. The highest BCUT2D eigenvalue weighted by atomic mass is 35.5. The molecule has 2 aromatic carbocycles. The standard InChI is InChI=1S/C18H22ClN3O/c1-2-20-18(22-13-15-6-3-7-16(19)11-15)21-10-9-14-5-4-8-17(23)12-14/h3-8,11-12,23H,2,9-10,13H2,1H3,(H2,20,21,22). The minimum Gasteiger partial charge on any atom is -0.508 e. The van der Waals surface area contributed by atoms with Crippen LogP contribution in [0.15, 0.2) is 53.5 Å². The summed E-state index contributed by atoms with van der Waals surface area (Å²) in [6.45, 7) is 4.15. The lowest BCUT2D eigenvalue weighted by atomic mass is 10.1. The van der Waals surface area contributed by atoms with E-state index in [1.807, 2.05) is 43.3 Å². The quantitative estimate of drug-likeness (QED) is 0.562. The van der Waals surface area contributed by atoms with E-state index in [0.29, 0.717) is 12.3 Å². The summed E-state index contributed by atoms with van der Waals surface area (Å²) in [5.41, 5.74) is 2.16. The molecule has 0 heterocycles. The molecule has 2 rings (SSSR count). The van der Waals surface area contributed by atoms with Crippen LogP contribution < -0.4 is 10.6 Å². The van der Waals surface area contributed by atoms with Crippen LogP contribution in [0, 0.1) is 0 Å². The lowest BCUT2D eigenvalue weighted by Gasteiger charge is -2.11. The van der Waals surface area contributed by atoms with E-state index >= 15 is 0 Å². The smallest absolute Gasteiger partial charge is 0.191 e. The Kier molecular flexibility index (Phi) is 6.76. The average molecular weight is 332 g/mol. The Morgan fingerprint density at radius 3 is 2.61 bits per heavy atom. The van der Waals surface area contributed by atoms with Crippen LogP contribution in [0.25, 0.3) is 0 Å². The second-order valence-corrected chi connectivity index (χ2v) is 5.61. The Labute approximate surface area is 142 Å². The number of phenols is 1. The van der Waals surface area contributed by atoms with Gasteiger partial charge in [-0.05, 0) is 48.7 Å². The normalized spacial score (nSPS) is 11.3. The Morgan fingerprint density at radius 2 is 1.87 bits per heavy atom. The number of benzene rings is 2. The summed E-state index contributed by atoms with van der Waals surface area (Å²) >= 11 is 5.99. The molecule has 0 aliphatic carbocycles. The fourth-order valence-electron chi connectivity index (χ4n) is 2.18. The molecule has 122 valence electrons. The van der Waals surface area contributed by atoms with Crippen molar-refractivity contribution in [2.75, 3.05) is 13.1 Å². The van der Waals surface area contributed by atoms with Crippen molar-refractivity contribution in [2.45, 2.75) is 19.9 Å². The first-order valence-corrected chi connectivity index (χ1v) is 8.09. The van der Waals surface area contributed by atoms with E-state index in [-0.39, 0.29) is 0 Å². The molecule has 0 aliphatic heterocycles. The largest absolute Gasteiger partial charge is 0.508 e. The first-order valence-electron chi connectivity index (χ1n) is 7.72. The van der Waals surface area contributed by atoms with Gasteiger partial charge in [-0.15, -0.1) is 0 Å². The summed E-state index contributed by atoms with van der Waals surface area (Å²) in [5, 5.41) is 16.7. The molecule has 4 nitrogen and oxygen atoms in total. The molecule has 0 unspecified atom stereocenters. The van der Waals surface area contributed by atoms with Crippen molar-refractivity contribution in [2.24, 2.45) is 4.99 Å². The van der Waals surface area contributed by atoms with Crippen LogP contribution in [-0.4, -0.2) is 24.2 Å². The topological polar surface area (TPSA) is 56.7 Å². The minimum absolute atomic E-state index is 0.295. The maximum Gasteiger partial charge on any atom is 0.191 e. The minimum atomic E-state index is 0.295. The van der Waals surface area contributed by atoms with Gasteiger partial charge in [-0.2, -0.15) is 0 Å². The van der Waals surface area contributed by atoms with E-state index in [2.05, 4.69) is 15.6 Å². The number of hydrogen-bond acceptors (Lipinski definition) is 2. The number of phenolic OH excluding ortho intramolecular Hbond substituents is 1. The zero-order chi connectivity index (χ0) is 16.5. The highest BCUT2D eigenvalue weighted by Gasteiger charge is 1.99. The van der Waals surface area contributed by atoms with Crippen molar-refractivity contribution in [1.82, 2.24) is 10.6 Å². The van der Waals surface area contributed by atoms with Gasteiger partial charge >= 0.3 is 0 Å². The molecule has 0 amide bonds. The van der Waals surface area contributed by atoms with Crippen molar-refractivity contribution in [3.05, 3.63) is 64.7 Å². The van der Waals surface area contributed by atoms with Gasteiger partial charge in [0.25, 0.3) is 0 Å². The molecule has 2 aromatic rings. The van der Waals surface area contributed by atoms with Crippen LogP contribution in [0.5, 0.6) is 5.75 Å². The number of guanidine groups is 1. The van der Waals surface area contributed by atoms with E-state index in [1.165, 1.54) is 0 Å². The van der Waals surface area contributed by atoms with Crippen LogP contribution in [0.3, 0.4) is 0 Å². The molecule has 0 saturated carbocycles. The summed E-state index contributed by atoms with van der Waals surface area (Å²) in [7, 11) is 0. The van der Waals surface area contributed by atoms with Crippen molar-refractivity contribution in [1.29, 1.82) is 0 Å². The maximum atomic E-state index is 9.47.